The predicted molar refractivity (Wildman–Crippen MR) is 64.3 cm³/mol. The van der Waals surface area contributed by atoms with Crippen LogP contribution in [0.25, 0.3) is 11.5 Å². The smallest absolute Gasteiger partial charge is 0.258 e. The molecule has 18 heavy (non-hydrogen) atoms. The lowest BCUT2D eigenvalue weighted by Gasteiger charge is -1.99. The van der Waals surface area contributed by atoms with Crippen molar-refractivity contribution in [2.24, 2.45) is 0 Å². The maximum absolute atomic E-state index is 13.2. The van der Waals surface area contributed by atoms with Crippen LogP contribution in [-0.2, 0) is 6.54 Å². The first-order valence-electron chi connectivity index (χ1n) is 6.05. The normalized spacial score (nSPS) is 15.0. The summed E-state index contributed by atoms with van der Waals surface area (Å²) in [5.41, 5.74) is 1.57. The highest BCUT2D eigenvalue weighted by Crippen LogP contribution is 2.23. The average Bonchev–Trinajstić information content (AvgIpc) is 3.08. The van der Waals surface area contributed by atoms with Gasteiger partial charge in [0.05, 0.1) is 6.54 Å². The van der Waals surface area contributed by atoms with E-state index in [4.69, 9.17) is 4.52 Å². The largest absolute Gasteiger partial charge is 0.334 e. The fourth-order valence-corrected chi connectivity index (χ4v) is 1.78. The molecule has 2 aromatic rings. The van der Waals surface area contributed by atoms with Crippen LogP contribution < -0.4 is 5.32 Å². The molecule has 1 fully saturated rings. The van der Waals surface area contributed by atoms with E-state index in [2.05, 4.69) is 15.5 Å². The molecule has 0 atom stereocenters. The van der Waals surface area contributed by atoms with Crippen LogP contribution in [0.3, 0.4) is 0 Å². The average molecular weight is 247 g/mol. The van der Waals surface area contributed by atoms with Crippen molar-refractivity contribution in [1.82, 2.24) is 15.5 Å². The summed E-state index contributed by atoms with van der Waals surface area (Å²) in [6.45, 7) is 2.49. The van der Waals surface area contributed by atoms with Gasteiger partial charge in [0.1, 0.15) is 5.82 Å². The minimum absolute atomic E-state index is 0.300. The Morgan fingerprint density at radius 2 is 2.28 bits per heavy atom. The van der Waals surface area contributed by atoms with Gasteiger partial charge in [0.15, 0.2) is 5.82 Å². The molecule has 0 spiro atoms. The Balaban J connectivity index is 1.80. The van der Waals surface area contributed by atoms with E-state index in [1.807, 2.05) is 6.92 Å². The minimum atomic E-state index is -0.300. The Bertz CT molecular complexity index is 563. The first kappa shape index (κ1) is 11.3. The van der Waals surface area contributed by atoms with Crippen LogP contribution >= 0.6 is 0 Å². The Labute approximate surface area is 104 Å². The lowest BCUT2D eigenvalue weighted by molar-refractivity contribution is 0.418. The molecule has 1 aliphatic carbocycles. The number of hydrogen-bond acceptors (Lipinski definition) is 4. The molecule has 94 valence electrons. The van der Waals surface area contributed by atoms with Crippen molar-refractivity contribution in [3.63, 3.8) is 0 Å². The number of benzene rings is 1. The third-order valence-electron chi connectivity index (χ3n) is 3.02. The zero-order valence-corrected chi connectivity index (χ0v) is 10.1. The number of halogens is 1. The van der Waals surface area contributed by atoms with Crippen molar-refractivity contribution in [3.05, 3.63) is 35.4 Å². The molecule has 1 saturated carbocycles. The maximum Gasteiger partial charge on any atom is 0.258 e. The van der Waals surface area contributed by atoms with Crippen molar-refractivity contribution >= 4 is 0 Å². The quantitative estimate of drug-likeness (QED) is 0.901. The van der Waals surface area contributed by atoms with Crippen LogP contribution in [0.5, 0.6) is 0 Å². The summed E-state index contributed by atoms with van der Waals surface area (Å²) in [7, 11) is 0. The fraction of sp³-hybridized carbons (Fsp3) is 0.385. The molecular formula is C13H14FN3O. The second-order valence-corrected chi connectivity index (χ2v) is 4.63. The van der Waals surface area contributed by atoms with Gasteiger partial charge in [-0.05, 0) is 37.5 Å². The molecule has 0 bridgehead atoms. The third-order valence-corrected chi connectivity index (χ3v) is 3.02. The summed E-state index contributed by atoms with van der Waals surface area (Å²) in [5.74, 6) is 0.687. The van der Waals surface area contributed by atoms with Gasteiger partial charge in [-0.3, -0.25) is 0 Å². The van der Waals surface area contributed by atoms with Crippen molar-refractivity contribution in [1.29, 1.82) is 0 Å². The zero-order chi connectivity index (χ0) is 12.5. The molecule has 1 aromatic heterocycles. The van der Waals surface area contributed by atoms with Crippen molar-refractivity contribution < 1.29 is 8.91 Å². The van der Waals surface area contributed by atoms with Gasteiger partial charge in [0.2, 0.25) is 0 Å². The summed E-state index contributed by atoms with van der Waals surface area (Å²) < 4.78 is 18.4. The second kappa shape index (κ2) is 4.49. The first-order valence-corrected chi connectivity index (χ1v) is 6.05. The molecule has 4 nitrogen and oxygen atoms in total. The molecule has 1 N–H and O–H groups in total. The molecule has 1 heterocycles. The molecule has 0 radical (unpaired) electrons. The lowest BCUT2D eigenvalue weighted by atomic mass is 10.1. The Morgan fingerprint density at radius 3 is 3.06 bits per heavy atom. The van der Waals surface area contributed by atoms with Gasteiger partial charge in [0.25, 0.3) is 5.89 Å². The van der Waals surface area contributed by atoms with Gasteiger partial charge < -0.3 is 9.84 Å². The molecule has 0 aliphatic heterocycles. The van der Waals surface area contributed by atoms with E-state index in [-0.39, 0.29) is 5.82 Å². The highest BCUT2D eigenvalue weighted by Gasteiger charge is 2.21. The first-order chi connectivity index (χ1) is 8.72. The molecule has 1 aromatic carbocycles. The highest BCUT2D eigenvalue weighted by molar-refractivity contribution is 5.57. The number of hydrogen-bond donors (Lipinski definition) is 1. The number of aromatic nitrogens is 2. The van der Waals surface area contributed by atoms with E-state index < -0.39 is 0 Å². The molecule has 0 unspecified atom stereocenters. The zero-order valence-electron chi connectivity index (χ0n) is 10.1. The van der Waals surface area contributed by atoms with Crippen LogP contribution in [0, 0.1) is 12.7 Å². The van der Waals surface area contributed by atoms with Crippen LogP contribution in [-0.4, -0.2) is 16.2 Å². The Morgan fingerprint density at radius 1 is 1.44 bits per heavy atom. The number of nitrogens with zero attached hydrogens (tertiary/aromatic N) is 2. The summed E-state index contributed by atoms with van der Waals surface area (Å²) >= 11 is 0. The lowest BCUT2D eigenvalue weighted by Crippen LogP contribution is -2.16. The van der Waals surface area contributed by atoms with Gasteiger partial charge in [-0.1, -0.05) is 11.2 Å². The fourth-order valence-electron chi connectivity index (χ4n) is 1.78. The second-order valence-electron chi connectivity index (χ2n) is 4.63. The van der Waals surface area contributed by atoms with E-state index in [0.717, 1.165) is 5.56 Å². The summed E-state index contributed by atoms with van der Waals surface area (Å²) in [4.78, 5) is 4.28. The molecule has 0 saturated heterocycles. The summed E-state index contributed by atoms with van der Waals surface area (Å²) in [5, 5.41) is 7.20. The Hall–Kier alpha value is -1.75. The summed E-state index contributed by atoms with van der Waals surface area (Å²) in [6, 6.07) is 5.14. The van der Waals surface area contributed by atoms with Gasteiger partial charge >= 0.3 is 0 Å². The van der Waals surface area contributed by atoms with Gasteiger partial charge in [-0.15, -0.1) is 0 Å². The third kappa shape index (κ3) is 2.41. The van der Waals surface area contributed by atoms with Crippen LogP contribution in [0.2, 0.25) is 0 Å². The van der Waals surface area contributed by atoms with Crippen LogP contribution in [0.4, 0.5) is 4.39 Å². The van der Waals surface area contributed by atoms with Gasteiger partial charge in [-0.2, -0.15) is 4.98 Å². The van der Waals surface area contributed by atoms with E-state index in [9.17, 15) is 4.39 Å². The minimum Gasteiger partial charge on any atom is -0.334 e. The topological polar surface area (TPSA) is 51.0 Å². The number of aryl methyl sites for hydroxylation is 1. The van der Waals surface area contributed by atoms with Gasteiger partial charge in [-0.25, -0.2) is 4.39 Å². The SMILES string of the molecule is Cc1ccc(F)cc1-c1nc(CNC2CC2)no1. The van der Waals surface area contributed by atoms with Crippen LogP contribution in [0.1, 0.15) is 24.2 Å². The number of rotatable bonds is 4. The molecule has 1 aliphatic rings. The van der Waals surface area contributed by atoms with E-state index in [0.29, 0.717) is 29.9 Å². The van der Waals surface area contributed by atoms with Crippen molar-refractivity contribution in [2.45, 2.75) is 32.4 Å². The van der Waals surface area contributed by atoms with E-state index >= 15 is 0 Å². The highest BCUT2D eigenvalue weighted by atomic mass is 19.1. The molecular weight excluding hydrogens is 233 g/mol. The monoisotopic (exact) mass is 247 g/mol. The van der Waals surface area contributed by atoms with Crippen molar-refractivity contribution in [2.75, 3.05) is 0 Å². The van der Waals surface area contributed by atoms with E-state index in [1.54, 1.807) is 6.07 Å². The predicted octanol–water partition coefficient (Wildman–Crippen LogP) is 2.44. The standard InChI is InChI=1S/C13H14FN3O/c1-8-2-3-9(14)6-11(8)13-16-12(17-18-13)7-15-10-4-5-10/h2-3,6,10,15H,4-5,7H2,1H3. The summed E-state index contributed by atoms with van der Waals surface area (Å²) in [6.07, 6.45) is 2.43. The van der Waals surface area contributed by atoms with Gasteiger partial charge in [0, 0.05) is 11.6 Å². The Kier molecular flexibility index (Phi) is 2.83. The molecule has 0 amide bonds. The number of nitrogens with one attached hydrogen (secondary N) is 1. The maximum atomic E-state index is 13.2. The van der Waals surface area contributed by atoms with Crippen molar-refractivity contribution in [3.8, 4) is 11.5 Å². The molecule has 3 rings (SSSR count). The van der Waals surface area contributed by atoms with E-state index in [1.165, 1.54) is 25.0 Å². The van der Waals surface area contributed by atoms with Crippen LogP contribution in [0.15, 0.2) is 22.7 Å². The molecule has 5 heteroatoms.